The van der Waals surface area contributed by atoms with E-state index in [4.69, 9.17) is 5.73 Å². The summed E-state index contributed by atoms with van der Waals surface area (Å²) in [4.78, 5) is 14.6. The molecule has 1 heterocycles. The van der Waals surface area contributed by atoms with Crippen LogP contribution in [0.2, 0.25) is 0 Å². The van der Waals surface area contributed by atoms with Crippen molar-refractivity contribution >= 4 is 36.4 Å². The lowest BCUT2D eigenvalue weighted by Crippen LogP contribution is -2.23. The molecule has 2 aromatic rings. The first-order valence-corrected chi connectivity index (χ1v) is 8.14. The number of nitrogens with two attached hydrogens (primary N) is 1. The first-order valence-electron chi connectivity index (χ1n) is 8.14. The van der Waals surface area contributed by atoms with E-state index in [0.717, 1.165) is 12.1 Å². The average molecular weight is 382 g/mol. The third kappa shape index (κ3) is 6.24. The van der Waals surface area contributed by atoms with Gasteiger partial charge in [0.2, 0.25) is 0 Å². The van der Waals surface area contributed by atoms with Crippen molar-refractivity contribution in [1.29, 1.82) is 0 Å². The van der Waals surface area contributed by atoms with Gasteiger partial charge in [0.25, 0.3) is 5.91 Å². The third-order valence-corrected chi connectivity index (χ3v) is 4.20. The van der Waals surface area contributed by atoms with Gasteiger partial charge < -0.3 is 11.1 Å². The highest BCUT2D eigenvalue weighted by molar-refractivity contribution is 5.94. The monoisotopic (exact) mass is 381 g/mol. The van der Waals surface area contributed by atoms with E-state index >= 15 is 0 Å². The summed E-state index contributed by atoms with van der Waals surface area (Å²) in [7, 11) is 0. The number of rotatable bonds is 5. The molecule has 6 heteroatoms. The Morgan fingerprint density at radius 2 is 1.68 bits per heavy atom. The quantitative estimate of drug-likeness (QED) is 0.777. The number of hydrogen-bond acceptors (Lipinski definition) is 3. The highest BCUT2D eigenvalue weighted by Crippen LogP contribution is 2.14. The molecule has 1 aliphatic rings. The molecule has 1 fully saturated rings. The molecule has 0 atom stereocenters. The van der Waals surface area contributed by atoms with Crippen LogP contribution >= 0.6 is 24.8 Å². The molecule has 4 nitrogen and oxygen atoms in total. The Morgan fingerprint density at radius 3 is 2.40 bits per heavy atom. The Morgan fingerprint density at radius 1 is 1.00 bits per heavy atom. The maximum absolute atomic E-state index is 12.2. The summed E-state index contributed by atoms with van der Waals surface area (Å²) in [6, 6.07) is 15.5. The van der Waals surface area contributed by atoms with Crippen molar-refractivity contribution in [3.05, 3.63) is 65.2 Å². The first-order chi connectivity index (χ1) is 11.2. The molecule has 0 aliphatic carbocycles. The number of hydrogen-bond donors (Lipinski definition) is 2. The number of carbonyl (C=O) groups is 1. The molecule has 3 N–H and O–H groups in total. The van der Waals surface area contributed by atoms with E-state index < -0.39 is 0 Å². The lowest BCUT2D eigenvalue weighted by Gasteiger charge is -2.15. The van der Waals surface area contributed by atoms with Crippen LogP contribution in [0.1, 0.15) is 34.3 Å². The molecular formula is C19H25Cl2N3O. The molecule has 1 aliphatic heterocycles. The third-order valence-electron chi connectivity index (χ3n) is 4.20. The fourth-order valence-corrected chi connectivity index (χ4v) is 3.00. The minimum atomic E-state index is -0.0951. The number of nitrogens with one attached hydrogen (secondary N) is 1. The van der Waals surface area contributed by atoms with Crippen LogP contribution in [0, 0.1) is 0 Å². The van der Waals surface area contributed by atoms with Crippen molar-refractivity contribution in [2.45, 2.75) is 25.9 Å². The number of nitrogen functional groups attached to an aromatic ring is 1. The molecular weight excluding hydrogens is 357 g/mol. The summed E-state index contributed by atoms with van der Waals surface area (Å²) in [5, 5.41) is 2.96. The van der Waals surface area contributed by atoms with Gasteiger partial charge in [-0.15, -0.1) is 24.8 Å². The van der Waals surface area contributed by atoms with E-state index in [1.54, 1.807) is 24.3 Å². The van der Waals surface area contributed by atoms with Crippen LogP contribution in [0.3, 0.4) is 0 Å². The number of carbonyl (C=O) groups excluding carboxylic acids is 1. The lowest BCUT2D eigenvalue weighted by atomic mass is 10.1. The van der Waals surface area contributed by atoms with Crippen LogP contribution in [0.5, 0.6) is 0 Å². The summed E-state index contributed by atoms with van der Waals surface area (Å²) in [6.07, 6.45) is 2.60. The molecule has 25 heavy (non-hydrogen) atoms. The Bertz CT molecular complexity index is 688. The maximum Gasteiger partial charge on any atom is 0.251 e. The van der Waals surface area contributed by atoms with Crippen LogP contribution in [0.25, 0.3) is 0 Å². The number of benzene rings is 2. The van der Waals surface area contributed by atoms with Crippen LogP contribution in [0.4, 0.5) is 5.69 Å². The summed E-state index contributed by atoms with van der Waals surface area (Å²) < 4.78 is 0. The van der Waals surface area contributed by atoms with E-state index in [0.29, 0.717) is 17.8 Å². The second-order valence-electron chi connectivity index (χ2n) is 6.11. The predicted molar refractivity (Wildman–Crippen MR) is 107 cm³/mol. The second kappa shape index (κ2) is 10.3. The summed E-state index contributed by atoms with van der Waals surface area (Å²) in [6.45, 7) is 3.91. The average Bonchev–Trinajstić information content (AvgIpc) is 3.06. The first kappa shape index (κ1) is 21.3. The second-order valence-corrected chi connectivity index (χ2v) is 6.11. The Labute approximate surface area is 161 Å². The largest absolute Gasteiger partial charge is 0.399 e. The molecule has 0 saturated carbocycles. The summed E-state index contributed by atoms with van der Waals surface area (Å²) in [5.74, 6) is -0.0951. The van der Waals surface area contributed by atoms with Gasteiger partial charge in [0.05, 0.1) is 0 Å². The van der Waals surface area contributed by atoms with Crippen LogP contribution in [-0.4, -0.2) is 23.9 Å². The zero-order chi connectivity index (χ0) is 16.1. The Kier molecular flexibility index (Phi) is 8.76. The zero-order valence-corrected chi connectivity index (χ0v) is 15.7. The van der Waals surface area contributed by atoms with E-state index in [-0.39, 0.29) is 30.7 Å². The van der Waals surface area contributed by atoms with Crippen LogP contribution < -0.4 is 11.1 Å². The molecule has 1 saturated heterocycles. The van der Waals surface area contributed by atoms with Gasteiger partial charge in [0.15, 0.2) is 0 Å². The van der Waals surface area contributed by atoms with Gasteiger partial charge in [-0.2, -0.15) is 0 Å². The lowest BCUT2D eigenvalue weighted by molar-refractivity contribution is 0.0951. The molecule has 0 aromatic heterocycles. The molecule has 136 valence electrons. The van der Waals surface area contributed by atoms with Crippen LogP contribution in [0.15, 0.2) is 48.5 Å². The van der Waals surface area contributed by atoms with Crippen molar-refractivity contribution in [3.63, 3.8) is 0 Å². The standard InChI is InChI=1S/C19H23N3O.2ClH/c20-18-8-4-7-17(12-18)19(23)21-13-15-5-3-6-16(11-15)14-22-9-1-2-10-22;;/h3-8,11-12H,1-2,9-10,13-14,20H2,(H,21,23);2*1H. The van der Waals surface area contributed by atoms with Gasteiger partial charge in [-0.3, -0.25) is 9.69 Å². The smallest absolute Gasteiger partial charge is 0.251 e. The maximum atomic E-state index is 12.2. The van der Waals surface area contributed by atoms with Crippen molar-refractivity contribution in [2.24, 2.45) is 0 Å². The van der Waals surface area contributed by atoms with Crippen molar-refractivity contribution in [1.82, 2.24) is 10.2 Å². The molecule has 0 unspecified atom stereocenters. The van der Waals surface area contributed by atoms with Crippen molar-refractivity contribution in [2.75, 3.05) is 18.8 Å². The number of amides is 1. The summed E-state index contributed by atoms with van der Waals surface area (Å²) >= 11 is 0. The SMILES string of the molecule is Cl.Cl.Nc1cccc(C(=O)NCc2cccc(CN3CCCC3)c2)c1. The zero-order valence-electron chi connectivity index (χ0n) is 14.1. The highest BCUT2D eigenvalue weighted by Gasteiger charge is 2.12. The van der Waals surface area contributed by atoms with Gasteiger partial charge >= 0.3 is 0 Å². The fourth-order valence-electron chi connectivity index (χ4n) is 3.00. The number of anilines is 1. The van der Waals surface area contributed by atoms with E-state index in [9.17, 15) is 4.79 Å². The number of likely N-dealkylation sites (tertiary alicyclic amines) is 1. The molecule has 1 amide bonds. The molecule has 3 rings (SSSR count). The van der Waals surface area contributed by atoms with E-state index in [1.165, 1.54) is 31.5 Å². The minimum Gasteiger partial charge on any atom is -0.399 e. The van der Waals surface area contributed by atoms with Crippen molar-refractivity contribution < 1.29 is 4.79 Å². The molecule has 0 radical (unpaired) electrons. The molecule has 2 aromatic carbocycles. The fraction of sp³-hybridized carbons (Fsp3) is 0.316. The van der Waals surface area contributed by atoms with Crippen LogP contribution in [-0.2, 0) is 13.1 Å². The normalized spacial score (nSPS) is 13.6. The van der Waals surface area contributed by atoms with Gasteiger partial charge in [0, 0.05) is 24.3 Å². The molecule has 0 bridgehead atoms. The predicted octanol–water partition coefficient (Wildman–Crippen LogP) is 3.64. The topological polar surface area (TPSA) is 58.4 Å². The number of nitrogens with zero attached hydrogens (tertiary/aromatic N) is 1. The van der Waals surface area contributed by atoms with E-state index in [2.05, 4.69) is 28.4 Å². The van der Waals surface area contributed by atoms with Gasteiger partial charge in [0.1, 0.15) is 0 Å². The number of halogens is 2. The minimum absolute atomic E-state index is 0. The Hall–Kier alpha value is -1.75. The van der Waals surface area contributed by atoms with Crippen molar-refractivity contribution in [3.8, 4) is 0 Å². The summed E-state index contributed by atoms with van der Waals surface area (Å²) in [5.41, 5.74) is 9.35. The molecule has 0 spiro atoms. The van der Waals surface area contributed by atoms with Gasteiger partial charge in [-0.25, -0.2) is 0 Å². The van der Waals surface area contributed by atoms with Gasteiger partial charge in [-0.1, -0.05) is 30.3 Å². The van der Waals surface area contributed by atoms with Gasteiger partial charge in [-0.05, 0) is 55.3 Å². The van der Waals surface area contributed by atoms with E-state index in [1.807, 2.05) is 6.07 Å². The Balaban J connectivity index is 0.00000156. The highest BCUT2D eigenvalue weighted by atomic mass is 35.5.